The van der Waals surface area contributed by atoms with Gasteiger partial charge in [-0.3, -0.25) is 0 Å². The van der Waals surface area contributed by atoms with Crippen LogP contribution in [-0.2, 0) is 29.2 Å². The largest absolute Gasteiger partial charge is 0.380 e. The van der Waals surface area contributed by atoms with E-state index in [4.69, 9.17) is 21.1 Å². The molecule has 0 aliphatic heterocycles. The maximum atomic E-state index is 5.98. The van der Waals surface area contributed by atoms with Crippen molar-refractivity contribution in [2.75, 3.05) is 19.5 Å². The lowest BCUT2D eigenvalue weighted by atomic mass is 10.1. The van der Waals surface area contributed by atoms with Crippen LogP contribution in [0.2, 0.25) is 5.15 Å². The fourth-order valence-corrected chi connectivity index (χ4v) is 2.16. The maximum Gasteiger partial charge on any atom is 0.158 e. The van der Waals surface area contributed by atoms with Crippen molar-refractivity contribution in [2.45, 2.75) is 19.8 Å². The quantitative estimate of drug-likeness (QED) is 0.797. The van der Waals surface area contributed by atoms with Crippen LogP contribution in [0.15, 0.2) is 30.3 Å². The van der Waals surface area contributed by atoms with Crippen LogP contribution in [0.3, 0.4) is 0 Å². The van der Waals surface area contributed by atoms with Gasteiger partial charge in [-0.15, -0.1) is 0 Å². The highest BCUT2D eigenvalue weighted by Crippen LogP contribution is 2.15. The molecule has 1 N–H and O–H groups in total. The molecule has 6 heteroatoms. The molecule has 1 aromatic carbocycles. The lowest BCUT2D eigenvalue weighted by molar-refractivity contribution is 0.178. The van der Waals surface area contributed by atoms with Gasteiger partial charge < -0.3 is 14.8 Å². The van der Waals surface area contributed by atoms with E-state index in [1.807, 2.05) is 18.2 Å². The number of benzene rings is 1. The molecule has 112 valence electrons. The van der Waals surface area contributed by atoms with Gasteiger partial charge in [0.2, 0.25) is 0 Å². The van der Waals surface area contributed by atoms with E-state index in [0.29, 0.717) is 36.6 Å². The number of ether oxygens (including phenoxy) is 2. The molecular formula is C15H18ClN3O2. The second-order valence-electron chi connectivity index (χ2n) is 4.48. The number of anilines is 1. The predicted octanol–water partition coefficient (Wildman–Crippen LogP) is 3.03. The normalized spacial score (nSPS) is 10.6. The zero-order chi connectivity index (χ0) is 15.1. The van der Waals surface area contributed by atoms with Crippen molar-refractivity contribution in [3.8, 4) is 0 Å². The highest BCUT2D eigenvalue weighted by molar-refractivity contribution is 6.29. The molecule has 21 heavy (non-hydrogen) atoms. The Hall–Kier alpha value is -1.69. The molecule has 2 rings (SSSR count). The minimum absolute atomic E-state index is 0.329. The Morgan fingerprint density at radius 3 is 2.48 bits per heavy atom. The first-order valence-corrected chi connectivity index (χ1v) is 6.92. The van der Waals surface area contributed by atoms with E-state index in [2.05, 4.69) is 21.4 Å². The van der Waals surface area contributed by atoms with Gasteiger partial charge in [0.05, 0.1) is 6.61 Å². The topological polar surface area (TPSA) is 56.3 Å². The Kier molecular flexibility index (Phi) is 5.92. The first-order chi connectivity index (χ1) is 10.2. The summed E-state index contributed by atoms with van der Waals surface area (Å²) in [5, 5.41) is 3.65. The van der Waals surface area contributed by atoms with E-state index < -0.39 is 0 Å². The van der Waals surface area contributed by atoms with E-state index in [0.717, 1.165) is 11.1 Å². The van der Waals surface area contributed by atoms with E-state index in [1.165, 1.54) is 0 Å². The van der Waals surface area contributed by atoms with Crippen LogP contribution in [0.4, 0.5) is 5.82 Å². The number of nitrogens with one attached hydrogen (secondary N) is 1. The number of nitrogens with zero attached hydrogens (tertiary/aromatic N) is 2. The van der Waals surface area contributed by atoms with Crippen molar-refractivity contribution in [2.24, 2.45) is 0 Å². The molecular weight excluding hydrogens is 290 g/mol. The van der Waals surface area contributed by atoms with Crippen molar-refractivity contribution in [3.05, 3.63) is 52.4 Å². The fraction of sp³-hybridized carbons (Fsp3) is 0.333. The minimum Gasteiger partial charge on any atom is -0.380 e. The summed E-state index contributed by atoms with van der Waals surface area (Å²) >= 11 is 5.98. The third kappa shape index (κ3) is 4.67. The van der Waals surface area contributed by atoms with E-state index >= 15 is 0 Å². The second kappa shape index (κ2) is 7.93. The number of aromatic nitrogens is 2. The smallest absolute Gasteiger partial charge is 0.158 e. The minimum atomic E-state index is 0.329. The molecule has 0 bridgehead atoms. The first kappa shape index (κ1) is 15.7. The van der Waals surface area contributed by atoms with Gasteiger partial charge in [-0.05, 0) is 11.1 Å². The van der Waals surface area contributed by atoms with Crippen LogP contribution >= 0.6 is 11.6 Å². The maximum absolute atomic E-state index is 5.98. The Bertz CT molecular complexity index is 593. The van der Waals surface area contributed by atoms with E-state index in [-0.39, 0.29) is 0 Å². The monoisotopic (exact) mass is 307 g/mol. The van der Waals surface area contributed by atoms with Gasteiger partial charge >= 0.3 is 0 Å². The summed E-state index contributed by atoms with van der Waals surface area (Å²) in [6, 6.07) is 9.79. The molecule has 0 radical (unpaired) electrons. The first-order valence-electron chi connectivity index (χ1n) is 6.55. The Balaban J connectivity index is 2.09. The van der Waals surface area contributed by atoms with Crippen LogP contribution in [0.25, 0.3) is 0 Å². The van der Waals surface area contributed by atoms with Crippen LogP contribution in [-0.4, -0.2) is 24.2 Å². The van der Waals surface area contributed by atoms with Gasteiger partial charge in [-0.1, -0.05) is 35.9 Å². The molecule has 5 nitrogen and oxygen atoms in total. The summed E-state index contributed by atoms with van der Waals surface area (Å²) in [7, 11) is 3.28. The van der Waals surface area contributed by atoms with Crippen LogP contribution in [0.5, 0.6) is 0 Å². The van der Waals surface area contributed by atoms with Gasteiger partial charge in [0.25, 0.3) is 0 Å². The molecule has 0 atom stereocenters. The summed E-state index contributed by atoms with van der Waals surface area (Å²) in [6.07, 6.45) is 0. The summed E-state index contributed by atoms with van der Waals surface area (Å²) in [4.78, 5) is 8.45. The van der Waals surface area contributed by atoms with Crippen molar-refractivity contribution in [3.63, 3.8) is 0 Å². The SMILES string of the molecule is COCc1nc(Cl)cc(NCc2ccccc2COC)n1. The van der Waals surface area contributed by atoms with Crippen LogP contribution in [0.1, 0.15) is 17.0 Å². The van der Waals surface area contributed by atoms with Crippen molar-refractivity contribution in [1.82, 2.24) is 9.97 Å². The molecule has 0 aliphatic carbocycles. The molecule has 0 unspecified atom stereocenters. The zero-order valence-electron chi connectivity index (χ0n) is 12.1. The van der Waals surface area contributed by atoms with Crippen LogP contribution in [0, 0.1) is 0 Å². The molecule has 0 saturated heterocycles. The molecule has 0 fully saturated rings. The average Bonchev–Trinajstić information content (AvgIpc) is 2.46. The van der Waals surface area contributed by atoms with Crippen LogP contribution < -0.4 is 5.32 Å². The van der Waals surface area contributed by atoms with E-state index in [1.54, 1.807) is 20.3 Å². The van der Waals surface area contributed by atoms with Gasteiger partial charge in [0.15, 0.2) is 5.82 Å². The number of hydrogen-bond donors (Lipinski definition) is 1. The third-order valence-corrected chi connectivity index (χ3v) is 3.09. The molecule has 0 aliphatic rings. The molecule has 0 spiro atoms. The Labute approximate surface area is 129 Å². The van der Waals surface area contributed by atoms with Crippen molar-refractivity contribution < 1.29 is 9.47 Å². The lowest BCUT2D eigenvalue weighted by Gasteiger charge is -2.11. The fourth-order valence-electron chi connectivity index (χ4n) is 1.96. The highest BCUT2D eigenvalue weighted by atomic mass is 35.5. The zero-order valence-corrected chi connectivity index (χ0v) is 12.9. The van der Waals surface area contributed by atoms with Gasteiger partial charge in [0.1, 0.15) is 17.6 Å². The summed E-state index contributed by atoms with van der Waals surface area (Å²) in [6.45, 7) is 1.55. The lowest BCUT2D eigenvalue weighted by Crippen LogP contribution is -2.07. The standard InChI is InChI=1S/C15H18ClN3O2/c1-20-9-12-6-4-3-5-11(12)8-17-14-7-13(16)18-15(19-14)10-21-2/h3-7H,8-10H2,1-2H3,(H,17,18,19). The average molecular weight is 308 g/mol. The number of rotatable bonds is 7. The van der Waals surface area contributed by atoms with Crippen molar-refractivity contribution in [1.29, 1.82) is 0 Å². The number of methoxy groups -OCH3 is 2. The molecule has 1 aromatic heterocycles. The molecule has 0 saturated carbocycles. The van der Waals surface area contributed by atoms with Gasteiger partial charge in [0, 0.05) is 26.8 Å². The predicted molar refractivity (Wildman–Crippen MR) is 82.2 cm³/mol. The van der Waals surface area contributed by atoms with E-state index in [9.17, 15) is 0 Å². The second-order valence-corrected chi connectivity index (χ2v) is 4.87. The Morgan fingerprint density at radius 2 is 1.76 bits per heavy atom. The Morgan fingerprint density at radius 1 is 1.05 bits per heavy atom. The summed E-state index contributed by atoms with van der Waals surface area (Å²) in [5.41, 5.74) is 2.30. The van der Waals surface area contributed by atoms with Crippen molar-refractivity contribution >= 4 is 17.4 Å². The summed E-state index contributed by atoms with van der Waals surface area (Å²) < 4.78 is 10.2. The van der Waals surface area contributed by atoms with Gasteiger partial charge in [-0.25, -0.2) is 9.97 Å². The van der Waals surface area contributed by atoms with Gasteiger partial charge in [-0.2, -0.15) is 0 Å². The molecule has 2 aromatic rings. The number of halogens is 1. The molecule has 1 heterocycles. The summed E-state index contributed by atoms with van der Waals surface area (Å²) in [5.74, 6) is 1.23. The molecule has 0 amide bonds. The number of hydrogen-bond acceptors (Lipinski definition) is 5. The third-order valence-electron chi connectivity index (χ3n) is 2.89. The highest BCUT2D eigenvalue weighted by Gasteiger charge is 2.05.